The largest absolute Gasteiger partial charge is 0.504 e. The summed E-state index contributed by atoms with van der Waals surface area (Å²) >= 11 is 0. The monoisotopic (exact) mass is 312 g/mol. The zero-order valence-electron chi connectivity index (χ0n) is 13.0. The Morgan fingerprint density at radius 2 is 2.00 bits per heavy atom. The molecule has 0 heterocycles. The van der Waals surface area contributed by atoms with E-state index in [1.54, 1.807) is 12.1 Å². The van der Waals surface area contributed by atoms with Gasteiger partial charge in [-0.3, -0.25) is 0 Å². The Morgan fingerprint density at radius 1 is 1.26 bits per heavy atom. The van der Waals surface area contributed by atoms with Crippen molar-refractivity contribution in [2.45, 2.75) is 25.4 Å². The van der Waals surface area contributed by atoms with Crippen LogP contribution in [0.15, 0.2) is 48.5 Å². The zero-order valence-corrected chi connectivity index (χ0v) is 13.0. The summed E-state index contributed by atoms with van der Waals surface area (Å²) in [7, 11) is 1.51. The molecule has 0 aromatic heterocycles. The third-order valence-corrected chi connectivity index (χ3v) is 3.87. The summed E-state index contributed by atoms with van der Waals surface area (Å²) in [5.74, 6) is 0.518. The molecule has 5 heteroatoms. The quantitative estimate of drug-likeness (QED) is 0.887. The summed E-state index contributed by atoms with van der Waals surface area (Å²) < 4.78 is 5.13. The second kappa shape index (κ2) is 6.60. The number of phenolic OH excluding ortho intramolecular Hbond substituents is 1. The fourth-order valence-electron chi connectivity index (χ4n) is 2.49. The number of nitrogens with zero attached hydrogens (tertiary/aromatic N) is 1. The van der Waals surface area contributed by atoms with Crippen LogP contribution >= 0.6 is 0 Å². The minimum atomic E-state index is -0.106. The van der Waals surface area contributed by atoms with Crippen LogP contribution in [0, 0.1) is 0 Å². The normalized spacial score (nSPS) is 13.4. The smallest absolute Gasteiger partial charge is 0.322 e. The molecule has 0 aliphatic heterocycles. The topological polar surface area (TPSA) is 61.8 Å². The van der Waals surface area contributed by atoms with Gasteiger partial charge >= 0.3 is 6.03 Å². The van der Waals surface area contributed by atoms with Gasteiger partial charge in [-0.05, 0) is 42.7 Å². The third kappa shape index (κ3) is 3.74. The Morgan fingerprint density at radius 3 is 2.65 bits per heavy atom. The van der Waals surface area contributed by atoms with E-state index < -0.39 is 0 Å². The second-order valence-corrected chi connectivity index (χ2v) is 5.66. The summed E-state index contributed by atoms with van der Waals surface area (Å²) in [5, 5.41) is 12.6. The van der Waals surface area contributed by atoms with Crippen molar-refractivity contribution in [3.8, 4) is 11.5 Å². The first-order valence-electron chi connectivity index (χ1n) is 7.66. The van der Waals surface area contributed by atoms with E-state index in [9.17, 15) is 9.90 Å². The van der Waals surface area contributed by atoms with E-state index in [2.05, 4.69) is 5.32 Å². The molecule has 120 valence electrons. The maximum Gasteiger partial charge on any atom is 0.322 e. The number of carbonyl (C=O) groups excluding carboxylic acids is 1. The summed E-state index contributed by atoms with van der Waals surface area (Å²) in [6.07, 6.45) is 2.05. The average Bonchev–Trinajstić information content (AvgIpc) is 3.39. The molecule has 1 saturated carbocycles. The molecule has 0 unspecified atom stereocenters. The molecule has 0 spiro atoms. The summed E-state index contributed by atoms with van der Waals surface area (Å²) in [6, 6.07) is 14.8. The van der Waals surface area contributed by atoms with Gasteiger partial charge in [0.15, 0.2) is 11.5 Å². The molecule has 2 aromatic carbocycles. The maximum absolute atomic E-state index is 12.6. The third-order valence-electron chi connectivity index (χ3n) is 3.87. The van der Waals surface area contributed by atoms with E-state index in [4.69, 9.17) is 4.74 Å². The number of methoxy groups -OCH3 is 1. The van der Waals surface area contributed by atoms with Gasteiger partial charge in [-0.25, -0.2) is 4.79 Å². The Kier molecular flexibility index (Phi) is 4.37. The van der Waals surface area contributed by atoms with E-state index in [0.29, 0.717) is 12.3 Å². The molecule has 2 amide bonds. The van der Waals surface area contributed by atoms with Crippen molar-refractivity contribution in [2.75, 3.05) is 12.4 Å². The molecular weight excluding hydrogens is 292 g/mol. The van der Waals surface area contributed by atoms with Gasteiger partial charge in [0.2, 0.25) is 0 Å². The van der Waals surface area contributed by atoms with Crippen molar-refractivity contribution < 1.29 is 14.6 Å². The van der Waals surface area contributed by atoms with Crippen molar-refractivity contribution >= 4 is 11.7 Å². The van der Waals surface area contributed by atoms with Crippen LogP contribution in [0.5, 0.6) is 11.5 Å². The first-order chi connectivity index (χ1) is 11.2. The first kappa shape index (κ1) is 15.2. The standard InChI is InChI=1S/C18H20N2O3/c1-23-17-11-13(7-10-16(17)21)12-20(15-8-9-15)18(22)19-14-5-3-2-4-6-14/h2-7,10-11,15,21H,8-9,12H2,1H3,(H,19,22). The highest BCUT2D eigenvalue weighted by molar-refractivity contribution is 5.89. The van der Waals surface area contributed by atoms with Crippen LogP contribution in [0.3, 0.4) is 0 Å². The highest BCUT2D eigenvalue weighted by atomic mass is 16.5. The van der Waals surface area contributed by atoms with Gasteiger partial charge in [0.05, 0.1) is 7.11 Å². The van der Waals surface area contributed by atoms with E-state index in [-0.39, 0.29) is 17.8 Å². The molecule has 2 N–H and O–H groups in total. The minimum absolute atomic E-state index is 0.1000. The van der Waals surface area contributed by atoms with Crippen LogP contribution in [0.2, 0.25) is 0 Å². The number of anilines is 1. The maximum atomic E-state index is 12.6. The lowest BCUT2D eigenvalue weighted by molar-refractivity contribution is 0.206. The Hall–Kier alpha value is -2.69. The average molecular weight is 312 g/mol. The fourth-order valence-corrected chi connectivity index (χ4v) is 2.49. The van der Waals surface area contributed by atoms with Crippen molar-refractivity contribution in [2.24, 2.45) is 0 Å². The Balaban J connectivity index is 1.73. The molecule has 0 saturated heterocycles. The van der Waals surface area contributed by atoms with Gasteiger partial charge < -0.3 is 20.1 Å². The predicted octanol–water partition coefficient (Wildman–Crippen LogP) is 3.60. The Bertz CT molecular complexity index is 684. The lowest BCUT2D eigenvalue weighted by Gasteiger charge is -2.23. The number of carbonyl (C=O) groups is 1. The highest BCUT2D eigenvalue weighted by Gasteiger charge is 2.32. The molecule has 23 heavy (non-hydrogen) atoms. The SMILES string of the molecule is COc1cc(CN(C(=O)Nc2ccccc2)C2CC2)ccc1O. The van der Waals surface area contributed by atoms with Crippen molar-refractivity contribution in [1.82, 2.24) is 4.90 Å². The van der Waals surface area contributed by atoms with Gasteiger partial charge in [-0.15, -0.1) is 0 Å². The number of ether oxygens (including phenoxy) is 1. The molecule has 0 bridgehead atoms. The molecule has 0 radical (unpaired) electrons. The molecule has 5 nitrogen and oxygen atoms in total. The summed E-state index contributed by atoms with van der Waals surface area (Å²) in [6.45, 7) is 0.486. The summed E-state index contributed by atoms with van der Waals surface area (Å²) in [5.41, 5.74) is 1.71. The van der Waals surface area contributed by atoms with Crippen LogP contribution in [-0.4, -0.2) is 29.2 Å². The van der Waals surface area contributed by atoms with E-state index >= 15 is 0 Å². The number of nitrogens with one attached hydrogen (secondary N) is 1. The number of amides is 2. The first-order valence-corrected chi connectivity index (χ1v) is 7.66. The minimum Gasteiger partial charge on any atom is -0.504 e. The number of para-hydroxylation sites is 1. The lowest BCUT2D eigenvalue weighted by atomic mass is 10.2. The van der Waals surface area contributed by atoms with Crippen LogP contribution in [0.25, 0.3) is 0 Å². The number of benzene rings is 2. The number of hydrogen-bond acceptors (Lipinski definition) is 3. The highest BCUT2D eigenvalue weighted by Crippen LogP contribution is 2.31. The Labute approximate surface area is 135 Å². The molecule has 1 aliphatic carbocycles. The van der Waals surface area contributed by atoms with Crippen LogP contribution in [0.1, 0.15) is 18.4 Å². The number of rotatable bonds is 5. The molecule has 3 rings (SSSR count). The second-order valence-electron chi connectivity index (χ2n) is 5.66. The summed E-state index contributed by atoms with van der Waals surface area (Å²) in [4.78, 5) is 14.4. The number of aromatic hydroxyl groups is 1. The number of phenols is 1. The molecule has 1 fully saturated rings. The molecule has 1 aliphatic rings. The number of hydrogen-bond donors (Lipinski definition) is 2. The zero-order chi connectivity index (χ0) is 16.2. The number of urea groups is 1. The molecular formula is C18H20N2O3. The van der Waals surface area contributed by atoms with Crippen LogP contribution in [0.4, 0.5) is 10.5 Å². The lowest BCUT2D eigenvalue weighted by Crippen LogP contribution is -2.36. The van der Waals surface area contributed by atoms with Crippen LogP contribution < -0.4 is 10.1 Å². The van der Waals surface area contributed by atoms with E-state index in [1.165, 1.54) is 7.11 Å². The van der Waals surface area contributed by atoms with Gasteiger partial charge in [0.25, 0.3) is 0 Å². The van der Waals surface area contributed by atoms with E-state index in [0.717, 1.165) is 24.1 Å². The van der Waals surface area contributed by atoms with Gasteiger partial charge in [-0.2, -0.15) is 0 Å². The predicted molar refractivity (Wildman–Crippen MR) is 88.7 cm³/mol. The van der Waals surface area contributed by atoms with Gasteiger partial charge in [0.1, 0.15) is 0 Å². The van der Waals surface area contributed by atoms with Crippen molar-refractivity contribution in [3.63, 3.8) is 0 Å². The fraction of sp³-hybridized carbons (Fsp3) is 0.278. The van der Waals surface area contributed by atoms with Crippen LogP contribution in [-0.2, 0) is 6.54 Å². The van der Waals surface area contributed by atoms with Crippen molar-refractivity contribution in [3.05, 3.63) is 54.1 Å². The van der Waals surface area contributed by atoms with Crippen molar-refractivity contribution in [1.29, 1.82) is 0 Å². The molecule has 0 atom stereocenters. The molecule has 2 aromatic rings. The van der Waals surface area contributed by atoms with Gasteiger partial charge in [0, 0.05) is 18.3 Å². The van der Waals surface area contributed by atoms with E-state index in [1.807, 2.05) is 41.3 Å². The van der Waals surface area contributed by atoms with Gasteiger partial charge in [-0.1, -0.05) is 24.3 Å².